The predicted molar refractivity (Wildman–Crippen MR) is 71.0 cm³/mol. The topological polar surface area (TPSA) is 23.8 Å². The molecule has 1 aliphatic carbocycles. The number of nitriles is 1. The first kappa shape index (κ1) is 12.5. The van der Waals surface area contributed by atoms with Gasteiger partial charge in [0.25, 0.3) is 0 Å². The van der Waals surface area contributed by atoms with E-state index < -0.39 is 0 Å². The molecule has 1 aromatic carbocycles. The van der Waals surface area contributed by atoms with Gasteiger partial charge >= 0.3 is 0 Å². The van der Waals surface area contributed by atoms with E-state index in [2.05, 4.69) is 6.07 Å². The molecule has 0 bridgehead atoms. The Balaban J connectivity index is 2.15. The van der Waals surface area contributed by atoms with Gasteiger partial charge in [0.2, 0.25) is 0 Å². The summed E-state index contributed by atoms with van der Waals surface area (Å²) in [6, 6.07) is 10.3. The van der Waals surface area contributed by atoms with Crippen LogP contribution in [0, 0.1) is 17.2 Å². The molecule has 0 aliphatic heterocycles. The van der Waals surface area contributed by atoms with E-state index in [4.69, 9.17) is 11.6 Å². The molecule has 2 heteroatoms. The summed E-state index contributed by atoms with van der Waals surface area (Å²) in [6.45, 7) is 0. The Morgan fingerprint density at radius 3 is 2.18 bits per heavy atom. The van der Waals surface area contributed by atoms with E-state index in [1.54, 1.807) is 0 Å². The molecule has 17 heavy (non-hydrogen) atoms. The fourth-order valence-electron chi connectivity index (χ4n) is 2.77. The van der Waals surface area contributed by atoms with Gasteiger partial charge in [-0.25, -0.2) is 0 Å². The maximum absolute atomic E-state index is 9.41. The number of hydrogen-bond donors (Lipinski definition) is 0. The van der Waals surface area contributed by atoms with Crippen LogP contribution in [0.2, 0.25) is 5.02 Å². The van der Waals surface area contributed by atoms with E-state index in [0.29, 0.717) is 5.92 Å². The first-order chi connectivity index (χ1) is 8.31. The minimum atomic E-state index is 0.0466. The first-order valence-electron chi connectivity index (χ1n) is 6.46. The highest BCUT2D eigenvalue weighted by molar-refractivity contribution is 6.30. The van der Waals surface area contributed by atoms with Crippen molar-refractivity contribution in [2.75, 3.05) is 0 Å². The van der Waals surface area contributed by atoms with Crippen molar-refractivity contribution < 1.29 is 0 Å². The smallest absolute Gasteiger partial charge is 0.0740 e. The van der Waals surface area contributed by atoms with Gasteiger partial charge < -0.3 is 0 Å². The zero-order valence-corrected chi connectivity index (χ0v) is 10.8. The van der Waals surface area contributed by atoms with E-state index in [-0.39, 0.29) is 5.92 Å². The van der Waals surface area contributed by atoms with E-state index in [1.807, 2.05) is 24.3 Å². The highest BCUT2D eigenvalue weighted by atomic mass is 35.5. The van der Waals surface area contributed by atoms with Crippen molar-refractivity contribution in [1.29, 1.82) is 5.26 Å². The average molecular weight is 248 g/mol. The minimum absolute atomic E-state index is 0.0466. The quantitative estimate of drug-likeness (QED) is 0.681. The normalized spacial score (nSPS) is 19.3. The maximum atomic E-state index is 9.41. The van der Waals surface area contributed by atoms with Gasteiger partial charge in [0, 0.05) is 5.02 Å². The van der Waals surface area contributed by atoms with Crippen LogP contribution in [0.15, 0.2) is 24.3 Å². The fraction of sp³-hybridized carbons (Fsp3) is 0.533. The molecule has 90 valence electrons. The molecule has 1 fully saturated rings. The van der Waals surface area contributed by atoms with Gasteiger partial charge in [-0.3, -0.25) is 0 Å². The van der Waals surface area contributed by atoms with Crippen molar-refractivity contribution in [3.8, 4) is 6.07 Å². The van der Waals surface area contributed by atoms with Gasteiger partial charge in [-0.2, -0.15) is 5.26 Å². The standard InChI is InChI=1S/C15H18ClN/c16-14-9-7-13(8-10-14)15(11-17)12-5-3-1-2-4-6-12/h7-10,12,15H,1-6H2. The summed E-state index contributed by atoms with van der Waals surface area (Å²) in [5, 5.41) is 10.2. The van der Waals surface area contributed by atoms with Crippen molar-refractivity contribution >= 4 is 11.6 Å². The van der Waals surface area contributed by atoms with Crippen LogP contribution in [0.4, 0.5) is 0 Å². The number of rotatable bonds is 2. The summed E-state index contributed by atoms with van der Waals surface area (Å²) in [5.41, 5.74) is 1.13. The highest BCUT2D eigenvalue weighted by Crippen LogP contribution is 2.35. The molecule has 1 aliphatic rings. The number of hydrogen-bond acceptors (Lipinski definition) is 1. The Kier molecular flexibility index (Phi) is 4.45. The monoisotopic (exact) mass is 247 g/mol. The molecule has 1 aromatic rings. The molecule has 1 saturated carbocycles. The summed E-state index contributed by atoms with van der Waals surface area (Å²) in [5.74, 6) is 0.578. The Hall–Kier alpha value is -1.00. The zero-order valence-electron chi connectivity index (χ0n) is 10.0. The first-order valence-corrected chi connectivity index (χ1v) is 6.84. The van der Waals surface area contributed by atoms with Gasteiger partial charge in [0.05, 0.1) is 12.0 Å². The number of benzene rings is 1. The fourth-order valence-corrected chi connectivity index (χ4v) is 2.89. The largest absolute Gasteiger partial charge is 0.198 e. The number of nitrogens with zero attached hydrogens (tertiary/aromatic N) is 1. The van der Waals surface area contributed by atoms with Crippen LogP contribution < -0.4 is 0 Å². The summed E-state index contributed by atoms with van der Waals surface area (Å²) < 4.78 is 0. The van der Waals surface area contributed by atoms with Crippen molar-refractivity contribution in [3.63, 3.8) is 0 Å². The molecule has 1 nitrogen and oxygen atoms in total. The summed E-state index contributed by atoms with van der Waals surface area (Å²) in [6.07, 6.45) is 7.60. The van der Waals surface area contributed by atoms with Crippen LogP contribution in [0.5, 0.6) is 0 Å². The van der Waals surface area contributed by atoms with E-state index in [9.17, 15) is 5.26 Å². The molecular weight excluding hydrogens is 230 g/mol. The summed E-state index contributed by atoms with van der Waals surface area (Å²) in [7, 11) is 0. The van der Waals surface area contributed by atoms with Crippen LogP contribution in [-0.2, 0) is 0 Å². The van der Waals surface area contributed by atoms with Crippen LogP contribution in [0.25, 0.3) is 0 Å². The predicted octanol–water partition coefficient (Wildman–Crippen LogP) is 4.92. The lowest BCUT2D eigenvalue weighted by Crippen LogP contribution is -2.10. The Morgan fingerprint density at radius 1 is 1.06 bits per heavy atom. The Labute approximate surface area is 108 Å². The van der Waals surface area contributed by atoms with Gasteiger partial charge in [-0.15, -0.1) is 0 Å². The lowest BCUT2D eigenvalue weighted by molar-refractivity contribution is 0.425. The van der Waals surface area contributed by atoms with Crippen molar-refractivity contribution in [1.82, 2.24) is 0 Å². The molecule has 1 atom stereocenters. The molecule has 0 aromatic heterocycles. The van der Waals surface area contributed by atoms with E-state index in [0.717, 1.165) is 10.6 Å². The molecule has 0 heterocycles. The second-order valence-electron chi connectivity index (χ2n) is 4.91. The molecular formula is C15H18ClN. The van der Waals surface area contributed by atoms with Gasteiger partial charge in [0.15, 0.2) is 0 Å². The summed E-state index contributed by atoms with van der Waals surface area (Å²) >= 11 is 5.89. The molecule has 1 unspecified atom stereocenters. The maximum Gasteiger partial charge on any atom is 0.0740 e. The molecule has 0 radical (unpaired) electrons. The Bertz CT molecular complexity index is 382. The van der Waals surface area contributed by atoms with Crippen LogP contribution >= 0.6 is 11.6 Å². The molecule has 0 amide bonds. The number of halogens is 1. The second-order valence-corrected chi connectivity index (χ2v) is 5.35. The Morgan fingerprint density at radius 2 is 1.65 bits per heavy atom. The highest BCUT2D eigenvalue weighted by Gasteiger charge is 2.23. The lowest BCUT2D eigenvalue weighted by atomic mass is 9.82. The lowest BCUT2D eigenvalue weighted by Gasteiger charge is -2.20. The van der Waals surface area contributed by atoms with Crippen LogP contribution in [0.1, 0.15) is 50.0 Å². The average Bonchev–Trinajstić information content (AvgIpc) is 2.62. The van der Waals surface area contributed by atoms with E-state index >= 15 is 0 Å². The van der Waals surface area contributed by atoms with Gasteiger partial charge in [-0.1, -0.05) is 49.4 Å². The van der Waals surface area contributed by atoms with Crippen LogP contribution in [-0.4, -0.2) is 0 Å². The third-order valence-electron chi connectivity index (χ3n) is 3.74. The molecule has 0 saturated heterocycles. The van der Waals surface area contributed by atoms with Crippen LogP contribution in [0.3, 0.4) is 0 Å². The third kappa shape index (κ3) is 3.23. The summed E-state index contributed by atoms with van der Waals surface area (Å²) in [4.78, 5) is 0. The van der Waals surface area contributed by atoms with Gasteiger partial charge in [0.1, 0.15) is 0 Å². The minimum Gasteiger partial charge on any atom is -0.198 e. The van der Waals surface area contributed by atoms with Gasteiger partial charge in [-0.05, 0) is 36.5 Å². The second kappa shape index (κ2) is 6.07. The van der Waals surface area contributed by atoms with Crippen molar-refractivity contribution in [2.45, 2.75) is 44.4 Å². The SMILES string of the molecule is N#CC(c1ccc(Cl)cc1)C1CCCCCC1. The van der Waals surface area contributed by atoms with Crippen molar-refractivity contribution in [3.05, 3.63) is 34.9 Å². The third-order valence-corrected chi connectivity index (χ3v) is 3.99. The molecule has 0 spiro atoms. The molecule has 2 rings (SSSR count). The van der Waals surface area contributed by atoms with Crippen molar-refractivity contribution in [2.24, 2.45) is 5.92 Å². The molecule has 0 N–H and O–H groups in total. The zero-order chi connectivity index (χ0) is 12.1. The van der Waals surface area contributed by atoms with E-state index in [1.165, 1.54) is 38.5 Å².